The van der Waals surface area contributed by atoms with Crippen LogP contribution in [0.15, 0.2) is 12.3 Å². The zero-order chi connectivity index (χ0) is 16.4. The molecule has 118 valence electrons. The molecule has 2 N–H and O–H groups in total. The molecule has 0 saturated heterocycles. The number of nitrogens with one attached hydrogen (secondary N) is 1. The van der Waals surface area contributed by atoms with Crippen LogP contribution in [0.1, 0.15) is 30.8 Å². The Hall–Kier alpha value is -1.70. The maximum absolute atomic E-state index is 12.9. The van der Waals surface area contributed by atoms with Gasteiger partial charge in [-0.1, -0.05) is 18.5 Å². The monoisotopic (exact) mass is 326 g/mol. The van der Waals surface area contributed by atoms with E-state index in [0.717, 1.165) is 0 Å². The van der Waals surface area contributed by atoms with E-state index >= 15 is 0 Å². The van der Waals surface area contributed by atoms with Crippen molar-refractivity contribution in [1.29, 1.82) is 0 Å². The summed E-state index contributed by atoms with van der Waals surface area (Å²) < 4.78 is 39.9. The van der Waals surface area contributed by atoms with Crippen LogP contribution in [-0.2, 0) is 11.3 Å². The van der Waals surface area contributed by atoms with Gasteiger partial charge in [0.05, 0.1) is 5.02 Å². The maximum Gasteiger partial charge on any atom is 0.422 e. The van der Waals surface area contributed by atoms with E-state index in [1.54, 1.807) is 0 Å². The first-order valence-electron chi connectivity index (χ1n) is 6.01. The average Bonchev–Trinajstić information content (AvgIpc) is 2.69. The molecule has 1 aromatic rings. The first-order valence-corrected chi connectivity index (χ1v) is 6.39. The summed E-state index contributed by atoms with van der Waals surface area (Å²) in [6.07, 6.45) is -3.12. The minimum atomic E-state index is -5.14. The number of carboxylic acids is 1. The number of rotatable bonds is 5. The van der Waals surface area contributed by atoms with Gasteiger partial charge in [-0.15, -0.1) is 0 Å². The highest BCUT2D eigenvalue weighted by Gasteiger charge is 2.58. The quantitative estimate of drug-likeness (QED) is 0.874. The molecule has 1 amide bonds. The molecule has 0 aromatic carbocycles. The number of hydrogen-bond acceptors (Lipinski definition) is 2. The van der Waals surface area contributed by atoms with Gasteiger partial charge in [-0.05, 0) is 19.4 Å². The van der Waals surface area contributed by atoms with E-state index in [2.05, 4.69) is 0 Å². The van der Waals surface area contributed by atoms with Crippen molar-refractivity contribution in [1.82, 2.24) is 9.88 Å². The summed E-state index contributed by atoms with van der Waals surface area (Å²) in [5.41, 5.74) is -3.50. The molecule has 5 nitrogen and oxygen atoms in total. The Bertz CT molecular complexity index is 556. The van der Waals surface area contributed by atoms with E-state index in [4.69, 9.17) is 16.7 Å². The van der Waals surface area contributed by atoms with Gasteiger partial charge in [0.1, 0.15) is 5.69 Å². The zero-order valence-electron chi connectivity index (χ0n) is 11.3. The lowest BCUT2D eigenvalue weighted by molar-refractivity contribution is -0.203. The number of carbonyl (C=O) groups excluding carboxylic acids is 1. The van der Waals surface area contributed by atoms with E-state index in [-0.39, 0.29) is 10.7 Å². The van der Waals surface area contributed by atoms with Gasteiger partial charge in [0.15, 0.2) is 0 Å². The molecule has 0 radical (unpaired) electrons. The Kier molecular flexibility index (Phi) is 4.93. The van der Waals surface area contributed by atoms with Gasteiger partial charge < -0.3 is 15.0 Å². The Labute approximate surface area is 123 Å². The van der Waals surface area contributed by atoms with Crippen molar-refractivity contribution >= 4 is 23.5 Å². The summed E-state index contributed by atoms with van der Waals surface area (Å²) >= 11 is 5.73. The second kappa shape index (κ2) is 5.97. The smallest absolute Gasteiger partial charge is 0.422 e. The number of hydrogen-bond donors (Lipinski definition) is 2. The van der Waals surface area contributed by atoms with E-state index in [1.807, 2.05) is 6.92 Å². The number of nitrogens with zero attached hydrogens (tertiary/aromatic N) is 1. The van der Waals surface area contributed by atoms with E-state index in [1.165, 1.54) is 22.1 Å². The summed E-state index contributed by atoms with van der Waals surface area (Å²) in [7, 11) is 0. The van der Waals surface area contributed by atoms with Crippen LogP contribution in [0.25, 0.3) is 0 Å². The topological polar surface area (TPSA) is 71.3 Å². The molecule has 9 heteroatoms. The lowest BCUT2D eigenvalue weighted by Gasteiger charge is -2.28. The number of aromatic nitrogens is 1. The first kappa shape index (κ1) is 17.4. The Morgan fingerprint density at radius 2 is 2.00 bits per heavy atom. The normalized spacial score (nSPS) is 14.6. The van der Waals surface area contributed by atoms with Gasteiger partial charge >= 0.3 is 12.1 Å². The van der Waals surface area contributed by atoms with E-state index in [0.29, 0.717) is 19.9 Å². The molecule has 0 fully saturated rings. The summed E-state index contributed by atoms with van der Waals surface area (Å²) in [4.78, 5) is 22.8. The molecule has 0 aliphatic heterocycles. The van der Waals surface area contributed by atoms with Gasteiger partial charge in [0.2, 0.25) is 5.54 Å². The van der Waals surface area contributed by atoms with Crippen LogP contribution in [0.5, 0.6) is 0 Å². The van der Waals surface area contributed by atoms with Crippen molar-refractivity contribution < 1.29 is 27.9 Å². The molecule has 1 unspecified atom stereocenters. The van der Waals surface area contributed by atoms with Crippen molar-refractivity contribution in [2.75, 3.05) is 0 Å². The fraction of sp³-hybridized carbons (Fsp3) is 0.500. The zero-order valence-corrected chi connectivity index (χ0v) is 12.0. The maximum atomic E-state index is 12.9. The molecule has 1 rings (SSSR count). The second-order valence-corrected chi connectivity index (χ2v) is 5.06. The largest absolute Gasteiger partial charge is 0.479 e. The first-order chi connectivity index (χ1) is 9.52. The average molecular weight is 327 g/mol. The van der Waals surface area contributed by atoms with Gasteiger partial charge in [-0.2, -0.15) is 13.2 Å². The third-order valence-corrected chi connectivity index (χ3v) is 3.13. The summed E-state index contributed by atoms with van der Waals surface area (Å²) in [5, 5.41) is 10.5. The fourth-order valence-corrected chi connectivity index (χ4v) is 1.85. The minimum absolute atomic E-state index is 0.126. The highest BCUT2D eigenvalue weighted by atomic mass is 35.5. The molecule has 1 aromatic heterocycles. The number of halogens is 4. The van der Waals surface area contributed by atoms with Crippen molar-refractivity contribution in [2.24, 2.45) is 0 Å². The summed E-state index contributed by atoms with van der Waals surface area (Å²) in [6, 6.07) is 1.19. The van der Waals surface area contributed by atoms with Crippen LogP contribution in [-0.4, -0.2) is 33.3 Å². The standard InChI is InChI=1S/C12H14ClF3N2O3/c1-3-4-18-6-7(13)5-8(18)9(19)17-11(2,10(20)21)12(14,15)16/h5-6H,3-4H2,1-2H3,(H,17,19)(H,20,21). The molecule has 21 heavy (non-hydrogen) atoms. The van der Waals surface area contributed by atoms with Gasteiger partial charge in [-0.3, -0.25) is 4.79 Å². The highest BCUT2D eigenvalue weighted by molar-refractivity contribution is 6.31. The molecule has 0 aliphatic carbocycles. The molecule has 0 spiro atoms. The van der Waals surface area contributed by atoms with Crippen molar-refractivity contribution in [3.63, 3.8) is 0 Å². The van der Waals surface area contributed by atoms with Crippen LogP contribution < -0.4 is 5.32 Å². The molecular weight excluding hydrogens is 313 g/mol. The molecule has 0 bridgehead atoms. The molecule has 0 saturated carbocycles. The fourth-order valence-electron chi connectivity index (χ4n) is 1.63. The van der Waals surface area contributed by atoms with Gasteiger partial charge in [0.25, 0.3) is 5.91 Å². The Balaban J connectivity index is 3.12. The number of carboxylic acid groups (broad SMARTS) is 1. The number of carbonyl (C=O) groups is 2. The second-order valence-electron chi connectivity index (χ2n) is 4.62. The lowest BCUT2D eigenvalue weighted by atomic mass is 10.0. The predicted molar refractivity (Wildman–Crippen MR) is 69.3 cm³/mol. The number of amides is 1. The van der Waals surface area contributed by atoms with Crippen LogP contribution in [0.2, 0.25) is 5.02 Å². The summed E-state index contributed by atoms with van der Waals surface area (Å²) in [5.74, 6) is -3.35. The number of aryl methyl sites for hydroxylation is 1. The lowest BCUT2D eigenvalue weighted by Crippen LogP contribution is -2.62. The molecule has 1 heterocycles. The van der Waals surface area contributed by atoms with Gasteiger partial charge in [-0.25, -0.2) is 4.79 Å². The third kappa shape index (κ3) is 3.49. The Morgan fingerprint density at radius 3 is 2.43 bits per heavy atom. The van der Waals surface area contributed by atoms with Crippen molar-refractivity contribution in [3.05, 3.63) is 23.0 Å². The highest BCUT2D eigenvalue weighted by Crippen LogP contribution is 2.31. The molecular formula is C12H14ClF3N2O3. The van der Waals surface area contributed by atoms with Crippen molar-refractivity contribution in [3.8, 4) is 0 Å². The Morgan fingerprint density at radius 1 is 1.43 bits per heavy atom. The minimum Gasteiger partial charge on any atom is -0.479 e. The van der Waals surface area contributed by atoms with Crippen LogP contribution in [0.3, 0.4) is 0 Å². The number of aliphatic carboxylic acids is 1. The van der Waals surface area contributed by atoms with Crippen LogP contribution in [0.4, 0.5) is 13.2 Å². The molecule has 0 aliphatic rings. The third-order valence-electron chi connectivity index (χ3n) is 2.92. The van der Waals surface area contributed by atoms with E-state index in [9.17, 15) is 22.8 Å². The van der Waals surface area contributed by atoms with Crippen molar-refractivity contribution in [2.45, 2.75) is 38.5 Å². The van der Waals surface area contributed by atoms with Crippen LogP contribution in [0, 0.1) is 0 Å². The molecule has 1 atom stereocenters. The van der Waals surface area contributed by atoms with Crippen LogP contribution >= 0.6 is 11.6 Å². The number of alkyl halides is 3. The summed E-state index contributed by atoms with van der Waals surface area (Å²) in [6.45, 7) is 2.57. The predicted octanol–water partition coefficient (Wildman–Crippen LogP) is 2.69. The van der Waals surface area contributed by atoms with E-state index < -0.39 is 23.6 Å². The van der Waals surface area contributed by atoms with Gasteiger partial charge in [0, 0.05) is 12.7 Å². The SMILES string of the molecule is CCCn1cc(Cl)cc1C(=O)NC(C)(C(=O)O)C(F)(F)F.